The lowest BCUT2D eigenvalue weighted by Gasteiger charge is -2.25. The van der Waals surface area contributed by atoms with Gasteiger partial charge in [-0.05, 0) is 45.6 Å². The molecule has 108 valence electrons. The molecule has 0 bridgehead atoms. The molecule has 0 saturated carbocycles. The van der Waals surface area contributed by atoms with Crippen LogP contribution < -0.4 is 0 Å². The largest absolute Gasteiger partial charge is 0.394 e. The maximum atomic E-state index is 8.35. The summed E-state index contributed by atoms with van der Waals surface area (Å²) in [6, 6.07) is 1.11. The molecule has 18 heavy (non-hydrogen) atoms. The number of nitrogens with one attached hydrogen (secondary N) is 1. The summed E-state index contributed by atoms with van der Waals surface area (Å²) in [7, 11) is -1.45. The van der Waals surface area contributed by atoms with Gasteiger partial charge in [-0.25, -0.2) is 10.2 Å². The smallest absolute Gasteiger partial charge is 0.321 e. The molecule has 0 aliphatic carbocycles. The maximum Gasteiger partial charge on any atom is 0.321 e. The fraction of sp³-hybridized carbons (Fsp3) is 0.923. The first kappa shape index (κ1) is 19.8. The molecule has 0 heterocycles. The Morgan fingerprint density at radius 3 is 1.67 bits per heavy atom. The molecule has 1 N–H and O–H groups in total. The van der Waals surface area contributed by atoms with Gasteiger partial charge < -0.3 is 8.85 Å². The van der Waals surface area contributed by atoms with Gasteiger partial charge in [0.1, 0.15) is 0 Å². The molecule has 0 aromatic heterocycles. The summed E-state index contributed by atoms with van der Waals surface area (Å²) in [6.07, 6.45) is 2.52. The molecule has 0 saturated heterocycles. The topological polar surface area (TPSA) is 59.4 Å². The third-order valence-corrected chi connectivity index (χ3v) is 4.43. The van der Waals surface area contributed by atoms with Gasteiger partial charge in [-0.3, -0.25) is 0 Å². The van der Waals surface area contributed by atoms with E-state index in [-0.39, 0.29) is 0 Å². The molecule has 0 aliphatic rings. The Hall–Kier alpha value is -0.483. The van der Waals surface area contributed by atoms with Gasteiger partial charge in [0.05, 0.1) is 0 Å². The average molecular weight is 275 g/mol. The fourth-order valence-electron chi connectivity index (χ4n) is 1.33. The van der Waals surface area contributed by atoms with Crippen LogP contribution in [-0.2, 0) is 13.6 Å². The van der Waals surface area contributed by atoms with E-state index in [1.165, 1.54) is 6.42 Å². The van der Waals surface area contributed by atoms with Crippen molar-refractivity contribution in [3.8, 4) is 0 Å². The minimum absolute atomic E-state index is 0.292. The van der Waals surface area contributed by atoms with Crippen LogP contribution in [0.25, 0.3) is 0 Å². The monoisotopic (exact) mass is 275 g/mol. The van der Waals surface area contributed by atoms with Gasteiger partial charge in [-0.1, -0.05) is 20.8 Å². The highest BCUT2D eigenvalue weighted by Gasteiger charge is 2.20. The lowest BCUT2D eigenvalue weighted by atomic mass is 9.94. The van der Waals surface area contributed by atoms with E-state index in [1.54, 1.807) is 0 Å². The standard InChI is InChI=1S/C12H28O2Si.CHNO/c1-10(2)13-15(14-11(3)4)9-8-12(5,6)7;2-1-3/h10-11,15H,8-9H2,1-7H3;2H. The molecular formula is C13H29NO3Si. The molecule has 0 radical (unpaired) electrons. The number of rotatable bonds is 6. The minimum atomic E-state index is -1.45. The number of carbonyl (C=O) groups excluding carboxylic acids is 1. The highest BCUT2D eigenvalue weighted by atomic mass is 28.3. The van der Waals surface area contributed by atoms with E-state index in [4.69, 9.17) is 19.1 Å². The predicted molar refractivity (Wildman–Crippen MR) is 76.9 cm³/mol. The Balaban J connectivity index is 0. The Kier molecular flexibility index (Phi) is 11.5. The molecular weight excluding hydrogens is 246 g/mol. The summed E-state index contributed by atoms with van der Waals surface area (Å²) < 4.78 is 11.7. The van der Waals surface area contributed by atoms with Crippen LogP contribution in [0.3, 0.4) is 0 Å². The third-order valence-electron chi connectivity index (χ3n) is 1.98. The Bertz CT molecular complexity index is 221. The highest BCUT2D eigenvalue weighted by molar-refractivity contribution is 6.44. The summed E-state index contributed by atoms with van der Waals surface area (Å²) >= 11 is 0. The summed E-state index contributed by atoms with van der Waals surface area (Å²) in [5.74, 6) is 0. The van der Waals surface area contributed by atoms with Crippen molar-refractivity contribution < 1.29 is 13.6 Å². The first-order valence-corrected chi connectivity index (χ1v) is 8.23. The Morgan fingerprint density at radius 2 is 1.44 bits per heavy atom. The summed E-state index contributed by atoms with van der Waals surface area (Å²) in [6.45, 7) is 15.1. The third kappa shape index (κ3) is 17.9. The van der Waals surface area contributed by atoms with E-state index in [0.717, 1.165) is 12.1 Å². The van der Waals surface area contributed by atoms with Crippen LogP contribution in [0.1, 0.15) is 54.9 Å². The van der Waals surface area contributed by atoms with Gasteiger partial charge in [0.15, 0.2) is 0 Å². The van der Waals surface area contributed by atoms with Crippen molar-refractivity contribution in [1.29, 1.82) is 5.41 Å². The summed E-state index contributed by atoms with van der Waals surface area (Å²) in [5, 5.41) is 5.40. The molecule has 0 rings (SSSR count). The Morgan fingerprint density at radius 1 is 1.11 bits per heavy atom. The average Bonchev–Trinajstić information content (AvgIpc) is 2.12. The van der Waals surface area contributed by atoms with Crippen LogP contribution in [0, 0.1) is 10.8 Å². The van der Waals surface area contributed by atoms with Crippen LogP contribution >= 0.6 is 0 Å². The fourth-order valence-corrected chi connectivity index (χ4v) is 3.98. The molecule has 0 amide bonds. The predicted octanol–water partition coefficient (Wildman–Crippen LogP) is 3.39. The van der Waals surface area contributed by atoms with Gasteiger partial charge in [-0.15, -0.1) is 0 Å². The zero-order chi connectivity index (χ0) is 14.8. The highest BCUT2D eigenvalue weighted by Crippen LogP contribution is 2.23. The molecule has 4 nitrogen and oxygen atoms in total. The zero-order valence-electron chi connectivity index (χ0n) is 12.9. The van der Waals surface area contributed by atoms with E-state index in [0.29, 0.717) is 17.6 Å². The lowest BCUT2D eigenvalue weighted by molar-refractivity contribution is 0.127. The second-order valence-corrected chi connectivity index (χ2v) is 7.98. The van der Waals surface area contributed by atoms with Crippen molar-refractivity contribution in [2.45, 2.75) is 73.1 Å². The number of hydrogen-bond donors (Lipinski definition) is 1. The van der Waals surface area contributed by atoms with Crippen molar-refractivity contribution in [2.24, 2.45) is 5.41 Å². The van der Waals surface area contributed by atoms with Gasteiger partial charge in [0.25, 0.3) is 0 Å². The van der Waals surface area contributed by atoms with Crippen LogP contribution in [-0.4, -0.2) is 27.6 Å². The minimum Gasteiger partial charge on any atom is -0.394 e. The van der Waals surface area contributed by atoms with Crippen molar-refractivity contribution in [3.05, 3.63) is 0 Å². The second kappa shape index (κ2) is 10.4. The molecule has 0 atom stereocenters. The zero-order valence-corrected chi connectivity index (χ0v) is 14.0. The molecule has 0 unspecified atom stereocenters. The second-order valence-electron chi connectivity index (χ2n) is 6.00. The van der Waals surface area contributed by atoms with Crippen LogP contribution in [0.2, 0.25) is 6.04 Å². The summed E-state index contributed by atoms with van der Waals surface area (Å²) in [4.78, 5) is 8.35. The van der Waals surface area contributed by atoms with Crippen molar-refractivity contribution >= 4 is 15.4 Å². The van der Waals surface area contributed by atoms with Crippen LogP contribution in [0.4, 0.5) is 0 Å². The van der Waals surface area contributed by atoms with E-state index in [2.05, 4.69) is 48.5 Å². The van der Waals surface area contributed by atoms with E-state index < -0.39 is 9.28 Å². The van der Waals surface area contributed by atoms with E-state index in [1.807, 2.05) is 0 Å². The number of hydrogen-bond acceptors (Lipinski definition) is 4. The van der Waals surface area contributed by atoms with Crippen molar-refractivity contribution in [2.75, 3.05) is 0 Å². The first-order valence-electron chi connectivity index (χ1n) is 6.47. The normalized spacial score (nSPS) is 11.4. The molecule has 0 aromatic carbocycles. The molecule has 0 aromatic rings. The SMILES string of the molecule is CC(C)O[SiH](CCC(C)(C)C)OC(C)C.N=C=O. The molecule has 0 fully saturated rings. The van der Waals surface area contributed by atoms with Gasteiger partial charge in [0, 0.05) is 12.2 Å². The van der Waals surface area contributed by atoms with E-state index >= 15 is 0 Å². The van der Waals surface area contributed by atoms with Crippen molar-refractivity contribution in [3.63, 3.8) is 0 Å². The van der Waals surface area contributed by atoms with Crippen LogP contribution in [0.15, 0.2) is 0 Å². The Labute approximate surface area is 113 Å². The lowest BCUT2D eigenvalue weighted by Crippen LogP contribution is -2.30. The maximum absolute atomic E-state index is 8.35. The molecule has 5 heteroatoms. The quantitative estimate of drug-likeness (QED) is 0.459. The molecule has 0 aliphatic heterocycles. The first-order chi connectivity index (χ1) is 8.12. The van der Waals surface area contributed by atoms with E-state index in [9.17, 15) is 0 Å². The summed E-state index contributed by atoms with van der Waals surface area (Å²) in [5.41, 5.74) is 0.381. The number of isocyanates is 1. The van der Waals surface area contributed by atoms with Gasteiger partial charge in [-0.2, -0.15) is 0 Å². The molecule has 0 spiro atoms. The van der Waals surface area contributed by atoms with Crippen LogP contribution in [0.5, 0.6) is 0 Å². The van der Waals surface area contributed by atoms with Gasteiger partial charge >= 0.3 is 9.28 Å². The van der Waals surface area contributed by atoms with Crippen molar-refractivity contribution in [1.82, 2.24) is 0 Å². The van der Waals surface area contributed by atoms with Gasteiger partial charge in [0.2, 0.25) is 6.08 Å².